The molecule has 0 saturated heterocycles. The molecule has 2 rings (SSSR count). The Hall–Kier alpha value is -2.12. The zero-order valence-corrected chi connectivity index (χ0v) is 15.5. The maximum absolute atomic E-state index is 12.2. The molecule has 8 heteroatoms. The topological polar surface area (TPSA) is 84.5 Å². The predicted molar refractivity (Wildman–Crippen MR) is 98.0 cm³/mol. The van der Waals surface area contributed by atoms with E-state index in [2.05, 4.69) is 10.6 Å². The summed E-state index contributed by atoms with van der Waals surface area (Å²) in [5, 5.41) is 6.29. The molecule has 1 unspecified atom stereocenters. The molecule has 0 spiro atoms. The van der Waals surface area contributed by atoms with Crippen LogP contribution in [0.5, 0.6) is 0 Å². The van der Waals surface area contributed by atoms with Gasteiger partial charge in [-0.1, -0.05) is 36.7 Å². The molecule has 2 aromatic rings. The third-order valence-electron chi connectivity index (χ3n) is 3.52. The number of nitrogens with one attached hydrogen (secondary N) is 2. The molecule has 2 N–H and O–H groups in total. The number of fused-ring (bicyclic) bond motifs is 1. The quantitative estimate of drug-likeness (QED) is 0.721. The Kier molecular flexibility index (Phi) is 6.78. The van der Waals surface area contributed by atoms with Crippen LogP contribution in [0.3, 0.4) is 0 Å². The van der Waals surface area contributed by atoms with Gasteiger partial charge in [0.2, 0.25) is 0 Å². The zero-order chi connectivity index (χ0) is 18.4. The minimum Gasteiger partial charge on any atom is -0.454 e. The Morgan fingerprint density at radius 3 is 2.68 bits per heavy atom. The zero-order valence-electron chi connectivity index (χ0n) is 13.9. The van der Waals surface area contributed by atoms with Crippen molar-refractivity contribution in [1.82, 2.24) is 10.6 Å². The first-order chi connectivity index (χ1) is 11.9. The summed E-state index contributed by atoms with van der Waals surface area (Å²) >= 11 is 7.46. The van der Waals surface area contributed by atoms with Crippen LogP contribution in [0.1, 0.15) is 29.9 Å². The van der Waals surface area contributed by atoms with Gasteiger partial charge in [-0.3, -0.25) is 14.4 Å². The van der Waals surface area contributed by atoms with E-state index in [0.29, 0.717) is 9.90 Å². The number of rotatable bonds is 7. The van der Waals surface area contributed by atoms with Crippen LogP contribution in [0.4, 0.5) is 0 Å². The van der Waals surface area contributed by atoms with Crippen molar-refractivity contribution in [1.29, 1.82) is 0 Å². The molecule has 1 atom stereocenters. The van der Waals surface area contributed by atoms with Crippen LogP contribution >= 0.6 is 22.9 Å². The van der Waals surface area contributed by atoms with Crippen molar-refractivity contribution >= 4 is 50.8 Å². The number of amides is 2. The molecule has 0 radical (unpaired) electrons. The number of halogens is 1. The van der Waals surface area contributed by atoms with E-state index in [1.165, 1.54) is 11.3 Å². The lowest BCUT2D eigenvalue weighted by atomic mass is 10.2. The van der Waals surface area contributed by atoms with Crippen molar-refractivity contribution in [2.24, 2.45) is 0 Å². The van der Waals surface area contributed by atoms with Crippen LogP contribution in [0, 0.1) is 0 Å². The number of esters is 1. The standard InChI is InChI=1S/C17H19ClN2O4S/c1-3-10(2)20-13(21)9-24-14(22)8-19-17(23)16-15(18)11-6-4-5-7-12(11)25-16/h4-7,10H,3,8-9H2,1-2H3,(H,19,23)(H,20,21). The first kappa shape index (κ1) is 19.2. The van der Waals surface area contributed by atoms with Gasteiger partial charge in [0.1, 0.15) is 11.4 Å². The van der Waals surface area contributed by atoms with Crippen molar-refractivity contribution in [2.45, 2.75) is 26.3 Å². The van der Waals surface area contributed by atoms with Crippen LogP contribution in [0.2, 0.25) is 5.02 Å². The smallest absolute Gasteiger partial charge is 0.325 e. The summed E-state index contributed by atoms with van der Waals surface area (Å²) in [7, 11) is 0. The van der Waals surface area contributed by atoms with Gasteiger partial charge < -0.3 is 15.4 Å². The molecule has 0 fully saturated rings. The SMILES string of the molecule is CCC(C)NC(=O)COC(=O)CNC(=O)c1sc2ccccc2c1Cl. The molecule has 6 nitrogen and oxygen atoms in total. The van der Waals surface area contributed by atoms with Gasteiger partial charge in [-0.2, -0.15) is 0 Å². The van der Waals surface area contributed by atoms with Gasteiger partial charge in [0, 0.05) is 16.1 Å². The Balaban J connectivity index is 1.84. The molecule has 0 bridgehead atoms. The van der Waals surface area contributed by atoms with E-state index >= 15 is 0 Å². The summed E-state index contributed by atoms with van der Waals surface area (Å²) < 4.78 is 5.72. The summed E-state index contributed by atoms with van der Waals surface area (Å²) in [6.45, 7) is 3.09. The van der Waals surface area contributed by atoms with E-state index in [-0.39, 0.29) is 25.1 Å². The maximum atomic E-state index is 12.2. The highest BCUT2D eigenvalue weighted by Crippen LogP contribution is 2.34. The average Bonchev–Trinajstić information content (AvgIpc) is 2.95. The highest BCUT2D eigenvalue weighted by Gasteiger charge is 2.18. The van der Waals surface area contributed by atoms with E-state index < -0.39 is 11.9 Å². The Morgan fingerprint density at radius 2 is 2.00 bits per heavy atom. The third kappa shape index (κ3) is 5.17. The van der Waals surface area contributed by atoms with Crippen molar-refractivity contribution in [3.63, 3.8) is 0 Å². The van der Waals surface area contributed by atoms with E-state index in [1.54, 1.807) is 0 Å². The van der Waals surface area contributed by atoms with Crippen molar-refractivity contribution in [2.75, 3.05) is 13.2 Å². The molecule has 0 saturated carbocycles. The number of thiophene rings is 1. The molecule has 0 aliphatic rings. The predicted octanol–water partition coefficient (Wildman–Crippen LogP) is 2.74. The summed E-state index contributed by atoms with van der Waals surface area (Å²) in [5.74, 6) is -1.52. The summed E-state index contributed by atoms with van der Waals surface area (Å²) in [5.41, 5.74) is 0. The van der Waals surface area contributed by atoms with Crippen LogP contribution in [0.15, 0.2) is 24.3 Å². The molecule has 1 aromatic heterocycles. The van der Waals surface area contributed by atoms with E-state index in [0.717, 1.165) is 16.5 Å². The number of hydrogen-bond donors (Lipinski definition) is 2. The Labute approximate surface area is 154 Å². The first-order valence-electron chi connectivity index (χ1n) is 7.82. The van der Waals surface area contributed by atoms with E-state index in [4.69, 9.17) is 16.3 Å². The van der Waals surface area contributed by atoms with Gasteiger partial charge >= 0.3 is 5.97 Å². The molecular formula is C17H19ClN2O4S. The van der Waals surface area contributed by atoms with Gasteiger partial charge in [0.05, 0.1) is 5.02 Å². The lowest BCUT2D eigenvalue weighted by Gasteiger charge is -2.11. The fourth-order valence-electron chi connectivity index (χ4n) is 2.01. The summed E-state index contributed by atoms with van der Waals surface area (Å²) in [6, 6.07) is 7.41. The molecule has 2 amide bonds. The van der Waals surface area contributed by atoms with Gasteiger partial charge in [-0.05, 0) is 19.4 Å². The van der Waals surface area contributed by atoms with E-state index in [1.807, 2.05) is 38.1 Å². The molecular weight excluding hydrogens is 364 g/mol. The Morgan fingerprint density at radius 1 is 1.28 bits per heavy atom. The van der Waals surface area contributed by atoms with Gasteiger partial charge in [0.25, 0.3) is 11.8 Å². The van der Waals surface area contributed by atoms with Gasteiger partial charge in [-0.15, -0.1) is 11.3 Å². The van der Waals surface area contributed by atoms with Crippen molar-refractivity contribution in [3.05, 3.63) is 34.2 Å². The van der Waals surface area contributed by atoms with Gasteiger partial charge in [-0.25, -0.2) is 0 Å². The molecule has 1 heterocycles. The molecule has 0 aliphatic heterocycles. The summed E-state index contributed by atoms with van der Waals surface area (Å²) in [4.78, 5) is 35.7. The van der Waals surface area contributed by atoms with Crippen LogP contribution in [0.25, 0.3) is 10.1 Å². The monoisotopic (exact) mass is 382 g/mol. The lowest BCUT2D eigenvalue weighted by molar-refractivity contribution is -0.147. The fourth-order valence-corrected chi connectivity index (χ4v) is 3.44. The highest BCUT2D eigenvalue weighted by molar-refractivity contribution is 7.21. The summed E-state index contributed by atoms with van der Waals surface area (Å²) in [6.07, 6.45) is 0.783. The molecule has 25 heavy (non-hydrogen) atoms. The molecule has 1 aromatic carbocycles. The maximum Gasteiger partial charge on any atom is 0.325 e. The largest absolute Gasteiger partial charge is 0.454 e. The second-order valence-corrected chi connectivity index (χ2v) is 6.89. The fraction of sp³-hybridized carbons (Fsp3) is 0.353. The van der Waals surface area contributed by atoms with E-state index in [9.17, 15) is 14.4 Å². The number of ether oxygens (including phenoxy) is 1. The molecule has 134 valence electrons. The number of carbonyl (C=O) groups is 3. The van der Waals surface area contributed by atoms with Crippen molar-refractivity contribution < 1.29 is 19.1 Å². The van der Waals surface area contributed by atoms with Crippen LogP contribution in [-0.2, 0) is 14.3 Å². The Bertz CT molecular complexity index is 790. The second-order valence-electron chi connectivity index (χ2n) is 5.46. The lowest BCUT2D eigenvalue weighted by Crippen LogP contribution is -2.37. The number of hydrogen-bond acceptors (Lipinski definition) is 5. The van der Waals surface area contributed by atoms with Crippen molar-refractivity contribution in [3.8, 4) is 0 Å². The van der Waals surface area contributed by atoms with Crippen LogP contribution < -0.4 is 10.6 Å². The van der Waals surface area contributed by atoms with Gasteiger partial charge in [0.15, 0.2) is 6.61 Å². The average molecular weight is 383 g/mol. The number of carbonyl (C=O) groups excluding carboxylic acids is 3. The first-order valence-corrected chi connectivity index (χ1v) is 9.02. The third-order valence-corrected chi connectivity index (χ3v) is 5.19. The number of benzene rings is 1. The molecule has 0 aliphatic carbocycles. The minimum absolute atomic E-state index is 0.0148. The highest BCUT2D eigenvalue weighted by atomic mass is 35.5. The normalized spacial score (nSPS) is 11.8. The van der Waals surface area contributed by atoms with Crippen LogP contribution in [-0.4, -0.2) is 37.0 Å². The minimum atomic E-state index is -0.690. The second kappa shape index (κ2) is 8.82.